The van der Waals surface area contributed by atoms with Gasteiger partial charge in [-0.1, -0.05) is 27.0 Å². The maximum absolute atomic E-state index is 5.45. The molecule has 0 aromatic heterocycles. The summed E-state index contributed by atoms with van der Waals surface area (Å²) in [7, 11) is 0. The molecule has 13 heavy (non-hydrogen) atoms. The highest BCUT2D eigenvalue weighted by Gasteiger charge is 2.07. The normalized spacial score (nSPS) is 19.2. The van der Waals surface area contributed by atoms with Gasteiger partial charge in [-0.15, -0.1) is 0 Å². The standard InChI is InChI=1S/C9H14N2.C2H6/c1-7-6-11-4-3-9(7)5-8(2)10;1-2/h5,11H,1-4,6,10H2;1-2H3/b9-5-;. The Morgan fingerprint density at radius 1 is 1.54 bits per heavy atom. The minimum atomic E-state index is 0.614. The van der Waals surface area contributed by atoms with E-state index < -0.39 is 0 Å². The molecule has 1 aliphatic rings. The number of nitrogens with one attached hydrogen (secondary N) is 1. The van der Waals surface area contributed by atoms with Gasteiger partial charge in [0.15, 0.2) is 0 Å². The highest BCUT2D eigenvalue weighted by molar-refractivity contribution is 5.36. The Labute approximate surface area is 81.2 Å². The Bertz CT molecular complexity index is 214. The summed E-state index contributed by atoms with van der Waals surface area (Å²) in [6, 6.07) is 0. The van der Waals surface area contributed by atoms with Crippen molar-refractivity contribution in [3.8, 4) is 0 Å². The van der Waals surface area contributed by atoms with Crippen LogP contribution in [0, 0.1) is 0 Å². The van der Waals surface area contributed by atoms with Gasteiger partial charge < -0.3 is 11.1 Å². The van der Waals surface area contributed by atoms with E-state index in [2.05, 4.69) is 18.5 Å². The van der Waals surface area contributed by atoms with Crippen molar-refractivity contribution in [2.24, 2.45) is 5.73 Å². The summed E-state index contributed by atoms with van der Waals surface area (Å²) in [4.78, 5) is 0. The first-order valence-electron chi connectivity index (χ1n) is 4.74. The van der Waals surface area contributed by atoms with Crippen molar-refractivity contribution in [2.45, 2.75) is 20.3 Å². The molecule has 2 heteroatoms. The summed E-state index contributed by atoms with van der Waals surface area (Å²) in [5.41, 5.74) is 8.43. The topological polar surface area (TPSA) is 38.0 Å². The Kier molecular flexibility index (Phi) is 5.98. The number of hydrogen-bond donors (Lipinski definition) is 2. The second kappa shape index (κ2) is 6.49. The van der Waals surface area contributed by atoms with Crippen LogP contribution in [-0.2, 0) is 0 Å². The van der Waals surface area contributed by atoms with Crippen molar-refractivity contribution in [1.82, 2.24) is 5.32 Å². The lowest BCUT2D eigenvalue weighted by molar-refractivity contribution is 0.684. The Morgan fingerprint density at radius 3 is 2.62 bits per heavy atom. The molecule has 1 saturated heterocycles. The van der Waals surface area contributed by atoms with Crippen LogP contribution < -0.4 is 11.1 Å². The first kappa shape index (κ1) is 12.0. The lowest BCUT2D eigenvalue weighted by atomic mass is 10.00. The average molecular weight is 180 g/mol. The molecule has 0 unspecified atom stereocenters. The van der Waals surface area contributed by atoms with Crippen LogP contribution in [0.25, 0.3) is 0 Å². The fraction of sp³-hybridized carbons (Fsp3) is 0.455. The van der Waals surface area contributed by atoms with E-state index in [1.54, 1.807) is 0 Å². The predicted molar refractivity (Wildman–Crippen MR) is 59.4 cm³/mol. The van der Waals surface area contributed by atoms with E-state index in [0.717, 1.165) is 25.1 Å². The molecule has 74 valence electrons. The summed E-state index contributed by atoms with van der Waals surface area (Å²) in [6.07, 6.45) is 2.91. The van der Waals surface area contributed by atoms with Gasteiger partial charge in [-0.2, -0.15) is 0 Å². The smallest absolute Gasteiger partial charge is 0.0243 e. The van der Waals surface area contributed by atoms with Gasteiger partial charge in [0.25, 0.3) is 0 Å². The summed E-state index contributed by atoms with van der Waals surface area (Å²) < 4.78 is 0. The Hall–Kier alpha value is -1.02. The second-order valence-electron chi connectivity index (χ2n) is 2.77. The average Bonchev–Trinajstić information content (AvgIpc) is 2.12. The molecule has 0 amide bonds. The van der Waals surface area contributed by atoms with Gasteiger partial charge in [-0.05, 0) is 30.2 Å². The highest BCUT2D eigenvalue weighted by Crippen LogP contribution is 2.15. The van der Waals surface area contributed by atoms with Gasteiger partial charge in [0.2, 0.25) is 0 Å². The Balaban J connectivity index is 0.000000671. The fourth-order valence-electron chi connectivity index (χ4n) is 1.15. The molecule has 1 heterocycles. The number of piperidine rings is 1. The minimum absolute atomic E-state index is 0.614. The first-order valence-corrected chi connectivity index (χ1v) is 4.74. The van der Waals surface area contributed by atoms with Crippen molar-refractivity contribution in [3.63, 3.8) is 0 Å². The number of hydrogen-bond acceptors (Lipinski definition) is 2. The van der Waals surface area contributed by atoms with Crippen LogP contribution in [-0.4, -0.2) is 13.1 Å². The van der Waals surface area contributed by atoms with Gasteiger partial charge in [0.1, 0.15) is 0 Å². The molecule has 0 bridgehead atoms. The maximum atomic E-state index is 5.45. The lowest BCUT2D eigenvalue weighted by Gasteiger charge is -2.17. The molecule has 2 nitrogen and oxygen atoms in total. The molecule has 3 N–H and O–H groups in total. The van der Waals surface area contributed by atoms with Crippen LogP contribution in [0.15, 0.2) is 36.1 Å². The van der Waals surface area contributed by atoms with Crippen LogP contribution in [0.1, 0.15) is 20.3 Å². The van der Waals surface area contributed by atoms with E-state index in [-0.39, 0.29) is 0 Å². The first-order chi connectivity index (χ1) is 6.20. The quantitative estimate of drug-likeness (QED) is 0.647. The number of allylic oxidation sites excluding steroid dienone is 1. The van der Waals surface area contributed by atoms with Gasteiger partial charge >= 0.3 is 0 Å². The molecule has 1 fully saturated rings. The summed E-state index contributed by atoms with van der Waals surface area (Å²) in [6.45, 7) is 13.4. The molecule has 0 atom stereocenters. The van der Waals surface area contributed by atoms with Crippen molar-refractivity contribution in [3.05, 3.63) is 36.1 Å². The molecular weight excluding hydrogens is 160 g/mol. The van der Waals surface area contributed by atoms with Gasteiger partial charge in [-0.25, -0.2) is 0 Å². The van der Waals surface area contributed by atoms with Gasteiger partial charge in [0, 0.05) is 12.2 Å². The SMILES string of the molecule is C=C(N)/C=C1/CCNCC1=C.CC. The zero-order valence-electron chi connectivity index (χ0n) is 8.69. The van der Waals surface area contributed by atoms with E-state index in [9.17, 15) is 0 Å². The van der Waals surface area contributed by atoms with E-state index >= 15 is 0 Å². The van der Waals surface area contributed by atoms with Gasteiger partial charge in [0.05, 0.1) is 0 Å². The van der Waals surface area contributed by atoms with Crippen molar-refractivity contribution in [2.75, 3.05) is 13.1 Å². The molecule has 1 rings (SSSR count). The molecule has 0 radical (unpaired) electrons. The van der Waals surface area contributed by atoms with Gasteiger partial charge in [-0.3, -0.25) is 0 Å². The van der Waals surface area contributed by atoms with E-state index in [0.29, 0.717) is 5.70 Å². The van der Waals surface area contributed by atoms with E-state index in [1.807, 2.05) is 19.9 Å². The van der Waals surface area contributed by atoms with Crippen molar-refractivity contribution >= 4 is 0 Å². The maximum Gasteiger partial charge on any atom is 0.0243 e. The van der Waals surface area contributed by atoms with Crippen LogP contribution in [0.2, 0.25) is 0 Å². The fourth-order valence-corrected chi connectivity index (χ4v) is 1.15. The number of rotatable bonds is 1. The van der Waals surface area contributed by atoms with E-state index in [1.165, 1.54) is 5.57 Å². The van der Waals surface area contributed by atoms with Crippen molar-refractivity contribution in [1.29, 1.82) is 0 Å². The summed E-state index contributed by atoms with van der Waals surface area (Å²) >= 11 is 0. The summed E-state index contributed by atoms with van der Waals surface area (Å²) in [5, 5.41) is 3.23. The van der Waals surface area contributed by atoms with Crippen LogP contribution in [0.3, 0.4) is 0 Å². The predicted octanol–water partition coefficient (Wildman–Crippen LogP) is 1.96. The highest BCUT2D eigenvalue weighted by atomic mass is 14.9. The molecule has 0 spiro atoms. The van der Waals surface area contributed by atoms with Crippen molar-refractivity contribution < 1.29 is 0 Å². The third-order valence-electron chi connectivity index (χ3n) is 1.72. The van der Waals surface area contributed by atoms with Crippen LogP contribution in [0.5, 0.6) is 0 Å². The number of nitrogens with two attached hydrogens (primary N) is 1. The zero-order chi connectivity index (χ0) is 10.3. The molecule has 1 aliphatic heterocycles. The van der Waals surface area contributed by atoms with Crippen LogP contribution in [0.4, 0.5) is 0 Å². The second-order valence-corrected chi connectivity index (χ2v) is 2.77. The van der Waals surface area contributed by atoms with E-state index in [4.69, 9.17) is 5.73 Å². The summed E-state index contributed by atoms with van der Waals surface area (Å²) in [5.74, 6) is 0. The monoisotopic (exact) mass is 180 g/mol. The molecule has 0 saturated carbocycles. The minimum Gasteiger partial charge on any atom is -0.399 e. The zero-order valence-corrected chi connectivity index (χ0v) is 8.69. The van der Waals surface area contributed by atoms with Crippen LogP contribution >= 0.6 is 0 Å². The largest absolute Gasteiger partial charge is 0.399 e. The molecule has 0 aromatic rings. The molecular formula is C11H20N2. The third-order valence-corrected chi connectivity index (χ3v) is 1.72. The lowest BCUT2D eigenvalue weighted by Crippen LogP contribution is -2.25. The Morgan fingerprint density at radius 2 is 2.15 bits per heavy atom. The molecule has 0 aliphatic carbocycles. The third kappa shape index (κ3) is 4.53. The molecule has 0 aromatic carbocycles.